The Morgan fingerprint density at radius 1 is 1.09 bits per heavy atom. The molecular formula is C21H25N3O6S2. The standard InChI is InChI=1S/C21H25N3O6S2/c1-5-12-24-18-11-10-15(32(28,29)23(2)3)13-17(18)22-20(24)14-30-21(25)16-8-6-7-9-19(16)31(4,26)27/h6-11,13H,5,12,14H2,1-4H3. The molecule has 0 amide bonds. The van der Waals surface area contributed by atoms with E-state index in [0.29, 0.717) is 23.4 Å². The van der Waals surface area contributed by atoms with E-state index in [4.69, 9.17) is 4.74 Å². The van der Waals surface area contributed by atoms with E-state index in [1.165, 1.54) is 44.4 Å². The number of sulfonamides is 1. The minimum atomic E-state index is -3.62. The van der Waals surface area contributed by atoms with Crippen LogP contribution in [-0.4, -0.2) is 57.0 Å². The Labute approximate surface area is 187 Å². The molecule has 1 heterocycles. The molecule has 0 radical (unpaired) electrons. The highest BCUT2D eigenvalue weighted by atomic mass is 32.2. The highest BCUT2D eigenvalue weighted by molar-refractivity contribution is 7.90. The number of aryl methyl sites for hydroxylation is 1. The van der Waals surface area contributed by atoms with Gasteiger partial charge < -0.3 is 9.30 Å². The molecular weight excluding hydrogens is 454 g/mol. The summed E-state index contributed by atoms with van der Waals surface area (Å²) in [6, 6.07) is 10.5. The van der Waals surface area contributed by atoms with Crippen molar-refractivity contribution in [2.24, 2.45) is 0 Å². The summed E-state index contributed by atoms with van der Waals surface area (Å²) in [5.74, 6) is -0.344. The molecule has 0 N–H and O–H groups in total. The topological polar surface area (TPSA) is 116 Å². The van der Waals surface area contributed by atoms with Gasteiger partial charge in [0.25, 0.3) is 0 Å². The maximum absolute atomic E-state index is 12.6. The number of esters is 1. The number of carbonyl (C=O) groups is 1. The first kappa shape index (κ1) is 23.9. The first-order valence-corrected chi connectivity index (χ1v) is 13.2. The average molecular weight is 480 g/mol. The Hall–Kier alpha value is -2.76. The van der Waals surface area contributed by atoms with Crippen LogP contribution in [0.1, 0.15) is 29.5 Å². The molecule has 0 aliphatic rings. The predicted molar refractivity (Wildman–Crippen MR) is 120 cm³/mol. The lowest BCUT2D eigenvalue weighted by Gasteiger charge is -2.11. The largest absolute Gasteiger partial charge is 0.454 e. The molecule has 0 fully saturated rings. The molecule has 0 saturated heterocycles. The van der Waals surface area contributed by atoms with Gasteiger partial charge >= 0.3 is 5.97 Å². The third kappa shape index (κ3) is 4.69. The number of rotatable bonds is 8. The first-order chi connectivity index (χ1) is 15.0. The van der Waals surface area contributed by atoms with Gasteiger partial charge in [0.15, 0.2) is 9.84 Å². The van der Waals surface area contributed by atoms with Gasteiger partial charge in [-0.1, -0.05) is 19.1 Å². The van der Waals surface area contributed by atoms with Crippen molar-refractivity contribution in [1.82, 2.24) is 13.9 Å². The van der Waals surface area contributed by atoms with Gasteiger partial charge in [0, 0.05) is 26.9 Å². The van der Waals surface area contributed by atoms with E-state index in [2.05, 4.69) is 4.98 Å². The Balaban J connectivity index is 1.95. The Morgan fingerprint density at radius 2 is 1.78 bits per heavy atom. The Kier molecular flexibility index (Phi) is 6.72. The summed E-state index contributed by atoms with van der Waals surface area (Å²) in [6.45, 7) is 2.37. The summed E-state index contributed by atoms with van der Waals surface area (Å²) in [5, 5.41) is 0. The van der Waals surface area contributed by atoms with Gasteiger partial charge in [-0.25, -0.2) is 30.9 Å². The van der Waals surface area contributed by atoms with Gasteiger partial charge in [-0.05, 0) is 36.8 Å². The smallest absolute Gasteiger partial charge is 0.339 e. The lowest BCUT2D eigenvalue weighted by Crippen LogP contribution is -2.22. The van der Waals surface area contributed by atoms with Crippen molar-refractivity contribution in [3.8, 4) is 0 Å². The normalized spacial score (nSPS) is 12.4. The monoisotopic (exact) mass is 479 g/mol. The van der Waals surface area contributed by atoms with Crippen LogP contribution in [0, 0.1) is 0 Å². The second kappa shape index (κ2) is 9.00. The quantitative estimate of drug-likeness (QED) is 0.456. The summed E-state index contributed by atoms with van der Waals surface area (Å²) in [7, 11) is -4.32. The minimum absolute atomic E-state index is 0.0486. The number of fused-ring (bicyclic) bond motifs is 1. The minimum Gasteiger partial charge on any atom is -0.454 e. The highest BCUT2D eigenvalue weighted by Crippen LogP contribution is 2.23. The number of imidazole rings is 1. The number of hydrogen-bond acceptors (Lipinski definition) is 7. The van der Waals surface area contributed by atoms with Crippen molar-refractivity contribution >= 4 is 36.9 Å². The van der Waals surface area contributed by atoms with Crippen LogP contribution < -0.4 is 0 Å². The van der Waals surface area contributed by atoms with Crippen molar-refractivity contribution in [2.45, 2.75) is 36.3 Å². The van der Waals surface area contributed by atoms with E-state index in [-0.39, 0.29) is 22.0 Å². The number of sulfone groups is 1. The van der Waals surface area contributed by atoms with Crippen molar-refractivity contribution in [2.75, 3.05) is 20.4 Å². The van der Waals surface area contributed by atoms with E-state index in [9.17, 15) is 21.6 Å². The molecule has 3 aromatic rings. The zero-order valence-corrected chi connectivity index (χ0v) is 19.9. The number of carbonyl (C=O) groups excluding carboxylic acids is 1. The van der Waals surface area contributed by atoms with Crippen LogP contribution in [0.3, 0.4) is 0 Å². The summed E-state index contributed by atoms with van der Waals surface area (Å²) in [5.41, 5.74) is 1.13. The molecule has 32 heavy (non-hydrogen) atoms. The van der Waals surface area contributed by atoms with Gasteiger partial charge in [-0.2, -0.15) is 0 Å². The molecule has 172 valence electrons. The highest BCUT2D eigenvalue weighted by Gasteiger charge is 2.22. The number of benzene rings is 2. The van der Waals surface area contributed by atoms with Crippen molar-refractivity contribution in [3.05, 3.63) is 53.9 Å². The Bertz CT molecular complexity index is 1380. The van der Waals surface area contributed by atoms with E-state index in [0.717, 1.165) is 17.0 Å². The molecule has 0 atom stereocenters. The van der Waals surface area contributed by atoms with Gasteiger partial charge in [0.2, 0.25) is 10.0 Å². The van der Waals surface area contributed by atoms with Crippen LogP contribution in [-0.2, 0) is 37.7 Å². The molecule has 0 aliphatic carbocycles. The molecule has 9 nitrogen and oxygen atoms in total. The van der Waals surface area contributed by atoms with Gasteiger partial charge in [0.1, 0.15) is 12.4 Å². The molecule has 0 saturated carbocycles. The fourth-order valence-electron chi connectivity index (χ4n) is 3.28. The Morgan fingerprint density at radius 3 is 2.41 bits per heavy atom. The first-order valence-electron chi connectivity index (χ1n) is 9.84. The van der Waals surface area contributed by atoms with E-state index in [1.54, 1.807) is 12.1 Å². The van der Waals surface area contributed by atoms with Crippen LogP contribution in [0.25, 0.3) is 11.0 Å². The lowest BCUT2D eigenvalue weighted by atomic mass is 10.2. The maximum atomic E-state index is 12.6. The second-order valence-electron chi connectivity index (χ2n) is 7.46. The number of hydrogen-bond donors (Lipinski definition) is 0. The average Bonchev–Trinajstić information content (AvgIpc) is 3.08. The lowest BCUT2D eigenvalue weighted by molar-refractivity contribution is 0.0454. The van der Waals surface area contributed by atoms with Crippen molar-refractivity contribution in [3.63, 3.8) is 0 Å². The summed E-state index contributed by atoms with van der Waals surface area (Å²) < 4.78 is 57.2. The zero-order valence-electron chi connectivity index (χ0n) is 18.3. The number of aromatic nitrogens is 2. The van der Waals surface area contributed by atoms with E-state index in [1.807, 2.05) is 11.5 Å². The molecule has 0 aliphatic heterocycles. The van der Waals surface area contributed by atoms with E-state index >= 15 is 0 Å². The fraction of sp³-hybridized carbons (Fsp3) is 0.333. The molecule has 1 aromatic heterocycles. The molecule has 3 rings (SSSR count). The van der Waals surface area contributed by atoms with Crippen LogP contribution >= 0.6 is 0 Å². The van der Waals surface area contributed by atoms with Crippen LogP contribution in [0.2, 0.25) is 0 Å². The predicted octanol–water partition coefficient (Wildman–Crippen LogP) is 2.46. The van der Waals surface area contributed by atoms with Crippen molar-refractivity contribution < 1.29 is 26.4 Å². The maximum Gasteiger partial charge on any atom is 0.339 e. The van der Waals surface area contributed by atoms with Crippen LogP contribution in [0.5, 0.6) is 0 Å². The van der Waals surface area contributed by atoms with Crippen LogP contribution in [0.15, 0.2) is 52.3 Å². The fourth-order valence-corrected chi connectivity index (χ4v) is 5.08. The third-order valence-electron chi connectivity index (χ3n) is 4.86. The zero-order chi connectivity index (χ0) is 23.7. The molecule has 0 unspecified atom stereocenters. The van der Waals surface area contributed by atoms with Crippen molar-refractivity contribution in [1.29, 1.82) is 0 Å². The van der Waals surface area contributed by atoms with Gasteiger partial charge in [-0.3, -0.25) is 0 Å². The molecule has 2 aromatic carbocycles. The SMILES string of the molecule is CCCn1c(COC(=O)c2ccccc2S(C)(=O)=O)nc2cc(S(=O)(=O)N(C)C)ccc21. The summed E-state index contributed by atoms with van der Waals surface area (Å²) in [4.78, 5) is 17.1. The van der Waals surface area contributed by atoms with E-state index < -0.39 is 25.8 Å². The second-order valence-corrected chi connectivity index (χ2v) is 11.6. The molecule has 0 spiro atoms. The number of nitrogens with zero attached hydrogens (tertiary/aromatic N) is 3. The number of ether oxygens (including phenoxy) is 1. The third-order valence-corrected chi connectivity index (χ3v) is 7.83. The molecule has 11 heteroatoms. The van der Waals surface area contributed by atoms with Crippen LogP contribution in [0.4, 0.5) is 0 Å². The summed E-state index contributed by atoms with van der Waals surface area (Å²) in [6.07, 6.45) is 1.81. The van der Waals surface area contributed by atoms with Gasteiger partial charge in [-0.15, -0.1) is 0 Å². The summed E-state index contributed by atoms with van der Waals surface area (Å²) >= 11 is 0. The van der Waals surface area contributed by atoms with Gasteiger partial charge in [0.05, 0.1) is 26.4 Å². The molecule has 0 bridgehead atoms.